The van der Waals surface area contributed by atoms with Crippen molar-refractivity contribution in [2.45, 2.75) is 6.92 Å². The lowest BCUT2D eigenvalue weighted by Crippen LogP contribution is -2.37. The Balaban J connectivity index is 1.56. The van der Waals surface area contributed by atoms with Gasteiger partial charge in [-0.1, -0.05) is 6.07 Å². The molecule has 0 bridgehead atoms. The highest BCUT2D eigenvalue weighted by atomic mass is 19.1. The van der Waals surface area contributed by atoms with E-state index in [0.29, 0.717) is 16.4 Å². The number of hydrogen-bond donors (Lipinski definition) is 1. The van der Waals surface area contributed by atoms with E-state index in [0.717, 1.165) is 12.1 Å². The molecule has 0 aliphatic carbocycles. The van der Waals surface area contributed by atoms with Crippen LogP contribution in [0.1, 0.15) is 26.5 Å². The quantitative estimate of drug-likeness (QED) is 0.364. The van der Waals surface area contributed by atoms with Crippen molar-refractivity contribution in [1.29, 1.82) is 0 Å². The Kier molecular flexibility index (Phi) is 4.69. The van der Waals surface area contributed by atoms with Crippen LogP contribution in [-0.4, -0.2) is 54.3 Å². The SMILES string of the molecule is Cc1nnnn1-c1ccc(F)c(NC(=O)CN2C(=O)c3cccc([N+](=O)[O-])c3C2=O)c1. The third-order valence-corrected chi connectivity index (χ3v) is 4.57. The summed E-state index contributed by atoms with van der Waals surface area (Å²) in [6.45, 7) is 0.875. The molecule has 12 nitrogen and oxygen atoms in total. The summed E-state index contributed by atoms with van der Waals surface area (Å²) in [4.78, 5) is 48.4. The molecule has 1 N–H and O–H groups in total. The third-order valence-electron chi connectivity index (χ3n) is 4.57. The zero-order valence-corrected chi connectivity index (χ0v) is 15.8. The number of aryl methyl sites for hydroxylation is 1. The van der Waals surface area contributed by atoms with Gasteiger partial charge in [-0.25, -0.2) is 4.39 Å². The van der Waals surface area contributed by atoms with Gasteiger partial charge in [-0.15, -0.1) is 5.10 Å². The molecule has 0 saturated carbocycles. The number of nitro benzene ring substituents is 1. The molecule has 1 aliphatic heterocycles. The van der Waals surface area contributed by atoms with Crippen molar-refractivity contribution in [3.8, 4) is 5.69 Å². The van der Waals surface area contributed by atoms with Gasteiger partial charge >= 0.3 is 0 Å². The molecular weight excluding hydrogens is 413 g/mol. The first-order valence-electron chi connectivity index (χ1n) is 8.76. The Morgan fingerprint density at radius 1 is 1.23 bits per heavy atom. The zero-order chi connectivity index (χ0) is 22.3. The number of tetrazole rings is 1. The molecule has 156 valence electrons. The Hall–Kier alpha value is -4.55. The number of fused-ring (bicyclic) bond motifs is 1. The molecule has 0 atom stereocenters. The molecule has 0 saturated heterocycles. The maximum Gasteiger partial charge on any atom is 0.282 e. The van der Waals surface area contributed by atoms with Crippen LogP contribution < -0.4 is 5.32 Å². The fourth-order valence-electron chi connectivity index (χ4n) is 3.16. The van der Waals surface area contributed by atoms with Crippen molar-refractivity contribution in [2.75, 3.05) is 11.9 Å². The summed E-state index contributed by atoms with van der Waals surface area (Å²) in [7, 11) is 0. The minimum atomic E-state index is -0.971. The molecule has 4 rings (SSSR count). The first kappa shape index (κ1) is 19.8. The van der Waals surface area contributed by atoms with Crippen LogP contribution in [0.25, 0.3) is 5.69 Å². The molecular formula is C18H12FN7O5. The maximum absolute atomic E-state index is 14.2. The van der Waals surface area contributed by atoms with E-state index in [1.54, 1.807) is 6.92 Å². The van der Waals surface area contributed by atoms with Gasteiger partial charge in [0.05, 0.1) is 21.9 Å². The van der Waals surface area contributed by atoms with Crippen molar-refractivity contribution in [1.82, 2.24) is 25.1 Å². The Bertz CT molecular complexity index is 1270. The standard InChI is InChI=1S/C18H12FN7O5/c1-9-21-22-23-25(9)10-5-6-12(19)13(7-10)20-15(27)8-24-17(28)11-3-2-4-14(26(30)31)16(11)18(24)29/h2-7H,8H2,1H3,(H,20,27). The maximum atomic E-state index is 14.2. The highest BCUT2D eigenvalue weighted by molar-refractivity contribution is 6.24. The zero-order valence-electron chi connectivity index (χ0n) is 15.8. The summed E-state index contributed by atoms with van der Waals surface area (Å²) in [5.41, 5.74) is -0.938. The van der Waals surface area contributed by atoms with E-state index in [4.69, 9.17) is 0 Å². The number of amides is 3. The van der Waals surface area contributed by atoms with Crippen molar-refractivity contribution in [3.05, 3.63) is 69.3 Å². The fraction of sp³-hybridized carbons (Fsp3) is 0.111. The number of rotatable bonds is 5. The Morgan fingerprint density at radius 3 is 2.68 bits per heavy atom. The van der Waals surface area contributed by atoms with E-state index in [2.05, 4.69) is 20.8 Å². The van der Waals surface area contributed by atoms with Crippen LogP contribution in [0.4, 0.5) is 15.8 Å². The second kappa shape index (κ2) is 7.37. The van der Waals surface area contributed by atoms with Gasteiger partial charge in [0.15, 0.2) is 5.82 Å². The second-order valence-corrected chi connectivity index (χ2v) is 6.50. The molecule has 2 aromatic carbocycles. The molecule has 0 unspecified atom stereocenters. The van der Waals surface area contributed by atoms with Crippen LogP contribution in [0.15, 0.2) is 36.4 Å². The average Bonchev–Trinajstić information content (AvgIpc) is 3.26. The van der Waals surface area contributed by atoms with Crippen molar-refractivity contribution >= 4 is 29.1 Å². The molecule has 0 radical (unpaired) electrons. The van der Waals surface area contributed by atoms with Crippen LogP contribution in [0.2, 0.25) is 0 Å². The van der Waals surface area contributed by atoms with Crippen molar-refractivity contribution in [3.63, 3.8) is 0 Å². The van der Waals surface area contributed by atoms with Gasteiger partial charge in [0, 0.05) is 6.07 Å². The van der Waals surface area contributed by atoms with Crippen molar-refractivity contribution in [2.24, 2.45) is 0 Å². The summed E-state index contributed by atoms with van der Waals surface area (Å²) < 4.78 is 15.5. The summed E-state index contributed by atoms with van der Waals surface area (Å²) in [5, 5.41) is 24.4. The van der Waals surface area contributed by atoms with Crippen LogP contribution in [0, 0.1) is 22.9 Å². The Labute approximate surface area is 172 Å². The van der Waals surface area contributed by atoms with Gasteiger partial charge in [-0.05, 0) is 41.6 Å². The topological polar surface area (TPSA) is 153 Å². The lowest BCUT2D eigenvalue weighted by Gasteiger charge is -2.14. The summed E-state index contributed by atoms with van der Waals surface area (Å²) in [6.07, 6.45) is 0. The summed E-state index contributed by atoms with van der Waals surface area (Å²) >= 11 is 0. The van der Waals surface area contributed by atoms with Gasteiger partial charge in [-0.3, -0.25) is 29.4 Å². The molecule has 1 aliphatic rings. The number of benzene rings is 2. The minimum Gasteiger partial charge on any atom is -0.322 e. The lowest BCUT2D eigenvalue weighted by atomic mass is 10.1. The van der Waals surface area contributed by atoms with E-state index in [9.17, 15) is 28.9 Å². The third kappa shape index (κ3) is 3.37. The second-order valence-electron chi connectivity index (χ2n) is 6.50. The number of halogens is 1. The summed E-state index contributed by atoms with van der Waals surface area (Å²) in [6, 6.07) is 7.40. The molecule has 1 aromatic heterocycles. The number of imide groups is 1. The number of carbonyl (C=O) groups is 3. The van der Waals surface area contributed by atoms with E-state index in [1.807, 2.05) is 0 Å². The molecule has 2 heterocycles. The minimum absolute atomic E-state index is 0.172. The monoisotopic (exact) mass is 425 g/mol. The van der Waals surface area contributed by atoms with Gasteiger partial charge in [0.2, 0.25) is 5.91 Å². The predicted octanol–water partition coefficient (Wildman–Crippen LogP) is 1.25. The first-order chi connectivity index (χ1) is 14.8. The molecule has 13 heteroatoms. The predicted molar refractivity (Wildman–Crippen MR) is 101 cm³/mol. The number of nitrogens with zero attached hydrogens (tertiary/aromatic N) is 6. The smallest absolute Gasteiger partial charge is 0.282 e. The lowest BCUT2D eigenvalue weighted by molar-refractivity contribution is -0.385. The number of anilines is 1. The largest absolute Gasteiger partial charge is 0.322 e. The molecule has 0 fully saturated rings. The van der Waals surface area contributed by atoms with E-state index in [-0.39, 0.29) is 16.8 Å². The van der Waals surface area contributed by atoms with E-state index in [1.165, 1.54) is 28.9 Å². The molecule has 0 spiro atoms. The molecule has 3 aromatic rings. The Morgan fingerprint density at radius 2 is 2.00 bits per heavy atom. The van der Waals surface area contributed by atoms with Gasteiger partial charge < -0.3 is 5.32 Å². The summed E-state index contributed by atoms with van der Waals surface area (Å²) in [5.74, 6) is -3.03. The average molecular weight is 425 g/mol. The van der Waals surface area contributed by atoms with E-state index < -0.39 is 40.7 Å². The molecule has 31 heavy (non-hydrogen) atoms. The molecule has 3 amide bonds. The van der Waals surface area contributed by atoms with Crippen LogP contribution in [-0.2, 0) is 4.79 Å². The number of carbonyl (C=O) groups excluding carboxylic acids is 3. The van der Waals surface area contributed by atoms with Crippen LogP contribution in [0.5, 0.6) is 0 Å². The van der Waals surface area contributed by atoms with Crippen LogP contribution in [0.3, 0.4) is 0 Å². The first-order valence-corrected chi connectivity index (χ1v) is 8.76. The van der Waals surface area contributed by atoms with Crippen molar-refractivity contribution < 1.29 is 23.7 Å². The normalized spacial score (nSPS) is 12.8. The van der Waals surface area contributed by atoms with Gasteiger partial charge in [-0.2, -0.15) is 4.68 Å². The highest BCUT2D eigenvalue weighted by Gasteiger charge is 2.41. The van der Waals surface area contributed by atoms with Gasteiger partial charge in [0.1, 0.15) is 17.9 Å². The highest BCUT2D eigenvalue weighted by Crippen LogP contribution is 2.30. The fourth-order valence-corrected chi connectivity index (χ4v) is 3.16. The number of nitro groups is 1. The van der Waals surface area contributed by atoms with E-state index >= 15 is 0 Å². The van der Waals surface area contributed by atoms with Crippen LogP contribution >= 0.6 is 0 Å². The van der Waals surface area contributed by atoms with Gasteiger partial charge in [0.25, 0.3) is 17.5 Å². The number of aromatic nitrogens is 4. The number of nitrogens with one attached hydrogen (secondary N) is 1. The number of hydrogen-bond acceptors (Lipinski definition) is 8.